The lowest BCUT2D eigenvalue weighted by Gasteiger charge is -2.25. The molecule has 0 saturated carbocycles. The highest BCUT2D eigenvalue weighted by atomic mass is 79.9. The number of carbonyl (C=O) groups is 1. The van der Waals surface area contributed by atoms with E-state index >= 15 is 0 Å². The molecule has 0 aliphatic rings. The van der Waals surface area contributed by atoms with Gasteiger partial charge in [-0.1, -0.05) is 34.1 Å². The van der Waals surface area contributed by atoms with Gasteiger partial charge < -0.3 is 0 Å². The number of benzene rings is 2. The third-order valence-corrected chi connectivity index (χ3v) is 5.12. The Hall–Kier alpha value is -2.60. The van der Waals surface area contributed by atoms with Crippen molar-refractivity contribution in [3.05, 3.63) is 80.7 Å². The topological polar surface area (TPSA) is 47.2 Å². The summed E-state index contributed by atoms with van der Waals surface area (Å²) >= 11 is 3.39. The molecule has 1 aromatic heterocycles. The Labute approximate surface area is 167 Å². The largest absolute Gasteiger partial charge is 0.299 e. The van der Waals surface area contributed by atoms with Gasteiger partial charge >= 0.3 is 0 Å². The molecule has 0 saturated heterocycles. The molecule has 1 amide bonds. The summed E-state index contributed by atoms with van der Waals surface area (Å²) in [5, 5.41) is 0. The molecule has 0 atom stereocenters. The average Bonchev–Trinajstić information content (AvgIpc) is 2.86. The van der Waals surface area contributed by atoms with Gasteiger partial charge in [-0.05, 0) is 57.2 Å². The molecule has 1 heterocycles. The Kier molecular flexibility index (Phi) is 5.37. The molecule has 6 heteroatoms. The summed E-state index contributed by atoms with van der Waals surface area (Å²) in [7, 11) is 1.83. The lowest BCUT2D eigenvalue weighted by Crippen LogP contribution is -2.40. The summed E-state index contributed by atoms with van der Waals surface area (Å²) in [5.41, 5.74) is 2.24. The molecule has 140 valence electrons. The van der Waals surface area contributed by atoms with Gasteiger partial charge in [0.1, 0.15) is 5.69 Å². The van der Waals surface area contributed by atoms with Crippen molar-refractivity contribution in [3.63, 3.8) is 0 Å². The zero-order valence-corrected chi connectivity index (χ0v) is 17.4. The van der Waals surface area contributed by atoms with Crippen LogP contribution in [0, 0.1) is 6.92 Å². The summed E-state index contributed by atoms with van der Waals surface area (Å²) in [5.74, 6) is -0.191. The van der Waals surface area contributed by atoms with Gasteiger partial charge in [0.05, 0.1) is 11.4 Å². The number of amides is 1. The zero-order valence-electron chi connectivity index (χ0n) is 15.8. The summed E-state index contributed by atoms with van der Waals surface area (Å²) < 4.78 is 4.28. The molecule has 0 spiro atoms. The van der Waals surface area contributed by atoms with Gasteiger partial charge in [-0.2, -0.15) is 0 Å². The fourth-order valence-corrected chi connectivity index (χ4v) is 3.42. The lowest BCUT2D eigenvalue weighted by atomic mass is 10.1. The molecule has 3 aromatic rings. The SMILES string of the molecule is Cc1c(N(C(=O)c2ccc(Br)cc2)C(C)C)c(=O)n(-c2ccccc2)n1C. The maximum atomic E-state index is 13.3. The van der Waals surface area contributed by atoms with Gasteiger partial charge in [0.15, 0.2) is 0 Å². The number of para-hydroxylation sites is 1. The molecule has 0 N–H and O–H groups in total. The van der Waals surface area contributed by atoms with Crippen molar-refractivity contribution in [2.45, 2.75) is 26.8 Å². The molecule has 2 aromatic carbocycles. The van der Waals surface area contributed by atoms with Crippen LogP contribution >= 0.6 is 15.9 Å². The molecule has 0 unspecified atom stereocenters. The summed E-state index contributed by atoms with van der Waals surface area (Å²) in [6, 6.07) is 16.4. The van der Waals surface area contributed by atoms with Gasteiger partial charge in [-0.15, -0.1) is 0 Å². The number of anilines is 1. The van der Waals surface area contributed by atoms with Gasteiger partial charge in [0.25, 0.3) is 11.5 Å². The van der Waals surface area contributed by atoms with Crippen LogP contribution in [0.1, 0.15) is 29.9 Å². The Morgan fingerprint density at radius 3 is 2.19 bits per heavy atom. The van der Waals surface area contributed by atoms with Gasteiger partial charge in [0.2, 0.25) is 0 Å². The highest BCUT2D eigenvalue weighted by Crippen LogP contribution is 2.23. The fraction of sp³-hybridized carbons (Fsp3) is 0.238. The van der Waals surface area contributed by atoms with Crippen LogP contribution in [0.3, 0.4) is 0 Å². The van der Waals surface area contributed by atoms with E-state index in [4.69, 9.17) is 0 Å². The van der Waals surface area contributed by atoms with Crippen LogP contribution in [0.25, 0.3) is 5.69 Å². The van der Waals surface area contributed by atoms with E-state index < -0.39 is 0 Å². The van der Waals surface area contributed by atoms with Crippen LogP contribution < -0.4 is 10.5 Å². The Morgan fingerprint density at radius 2 is 1.63 bits per heavy atom. The van der Waals surface area contributed by atoms with Crippen LogP contribution in [0.5, 0.6) is 0 Å². The fourth-order valence-electron chi connectivity index (χ4n) is 3.16. The molecule has 0 fully saturated rings. The predicted molar refractivity (Wildman–Crippen MR) is 112 cm³/mol. The summed E-state index contributed by atoms with van der Waals surface area (Å²) in [4.78, 5) is 28.1. The summed E-state index contributed by atoms with van der Waals surface area (Å²) in [6.07, 6.45) is 0. The predicted octanol–water partition coefficient (Wildman–Crippen LogP) is 4.30. The van der Waals surface area contributed by atoms with E-state index in [0.29, 0.717) is 11.3 Å². The number of rotatable bonds is 4. The molecule has 27 heavy (non-hydrogen) atoms. The molecular formula is C21H22BrN3O2. The van der Waals surface area contributed by atoms with Crippen LogP contribution in [0.15, 0.2) is 63.9 Å². The maximum absolute atomic E-state index is 13.3. The molecule has 0 aliphatic carbocycles. The number of aromatic nitrogens is 2. The third-order valence-electron chi connectivity index (χ3n) is 4.59. The number of nitrogens with zero attached hydrogens (tertiary/aromatic N) is 3. The van der Waals surface area contributed by atoms with Crippen molar-refractivity contribution in [3.8, 4) is 5.69 Å². The number of hydrogen-bond acceptors (Lipinski definition) is 2. The Bertz CT molecular complexity index is 1020. The van der Waals surface area contributed by atoms with E-state index in [1.165, 1.54) is 0 Å². The maximum Gasteiger partial charge on any atom is 0.295 e. The minimum atomic E-state index is -0.208. The van der Waals surface area contributed by atoms with Crippen molar-refractivity contribution >= 4 is 27.5 Å². The van der Waals surface area contributed by atoms with Gasteiger partial charge in [-0.25, -0.2) is 4.68 Å². The first-order valence-electron chi connectivity index (χ1n) is 8.76. The Balaban J connectivity index is 2.16. The van der Waals surface area contributed by atoms with E-state index in [1.54, 1.807) is 26.4 Å². The normalized spacial score (nSPS) is 11.0. The van der Waals surface area contributed by atoms with Crippen molar-refractivity contribution in [2.75, 3.05) is 4.90 Å². The molecule has 0 bridgehead atoms. The lowest BCUT2D eigenvalue weighted by molar-refractivity contribution is 0.0980. The number of carbonyl (C=O) groups excluding carboxylic acids is 1. The van der Waals surface area contributed by atoms with E-state index in [1.807, 2.05) is 70.3 Å². The van der Waals surface area contributed by atoms with Crippen LogP contribution in [0.2, 0.25) is 0 Å². The van der Waals surface area contributed by atoms with E-state index in [-0.39, 0.29) is 17.5 Å². The molecule has 0 aliphatic heterocycles. The quantitative estimate of drug-likeness (QED) is 0.622. The van der Waals surface area contributed by atoms with Gasteiger partial charge in [-0.3, -0.25) is 19.2 Å². The highest BCUT2D eigenvalue weighted by Gasteiger charge is 2.28. The van der Waals surface area contributed by atoms with Crippen LogP contribution in [-0.4, -0.2) is 21.3 Å². The minimum absolute atomic E-state index is 0.167. The van der Waals surface area contributed by atoms with Crippen molar-refractivity contribution in [1.29, 1.82) is 0 Å². The highest BCUT2D eigenvalue weighted by molar-refractivity contribution is 9.10. The molecule has 3 rings (SSSR count). The smallest absolute Gasteiger partial charge is 0.295 e. The summed E-state index contributed by atoms with van der Waals surface area (Å²) in [6.45, 7) is 5.69. The first kappa shape index (κ1) is 19.2. The van der Waals surface area contributed by atoms with E-state index in [9.17, 15) is 9.59 Å². The molecule has 0 radical (unpaired) electrons. The van der Waals surface area contributed by atoms with Crippen molar-refractivity contribution in [1.82, 2.24) is 9.36 Å². The molecule has 5 nitrogen and oxygen atoms in total. The van der Waals surface area contributed by atoms with E-state index in [0.717, 1.165) is 15.9 Å². The van der Waals surface area contributed by atoms with Crippen molar-refractivity contribution in [2.24, 2.45) is 7.05 Å². The monoisotopic (exact) mass is 427 g/mol. The van der Waals surface area contributed by atoms with Crippen LogP contribution in [0.4, 0.5) is 5.69 Å². The second-order valence-electron chi connectivity index (χ2n) is 6.69. The standard InChI is InChI=1S/C21H22BrN3O2/c1-14(2)24(20(26)16-10-12-17(22)13-11-16)19-15(3)23(4)25(21(19)27)18-8-6-5-7-9-18/h5-14H,1-4H3. The second-order valence-corrected chi connectivity index (χ2v) is 7.60. The first-order chi connectivity index (χ1) is 12.8. The zero-order chi connectivity index (χ0) is 19.7. The molecular weight excluding hydrogens is 406 g/mol. The second kappa shape index (κ2) is 7.56. The van der Waals surface area contributed by atoms with E-state index in [2.05, 4.69) is 15.9 Å². The number of halogens is 1. The third kappa shape index (κ3) is 3.49. The minimum Gasteiger partial charge on any atom is -0.299 e. The van der Waals surface area contributed by atoms with Gasteiger partial charge in [0, 0.05) is 23.1 Å². The average molecular weight is 428 g/mol. The Morgan fingerprint density at radius 1 is 1.04 bits per heavy atom. The number of hydrogen-bond donors (Lipinski definition) is 0. The van der Waals surface area contributed by atoms with Crippen molar-refractivity contribution < 1.29 is 4.79 Å². The first-order valence-corrected chi connectivity index (χ1v) is 9.55. The van der Waals surface area contributed by atoms with Crippen LogP contribution in [-0.2, 0) is 7.05 Å².